The number of nitrogens with zero attached hydrogens (tertiary/aromatic N) is 3. The third kappa shape index (κ3) is 4.60. The van der Waals surface area contributed by atoms with Gasteiger partial charge in [0.15, 0.2) is 5.69 Å². The van der Waals surface area contributed by atoms with Crippen molar-refractivity contribution in [2.45, 2.75) is 33.0 Å². The number of nitrogens with one attached hydrogen (secondary N) is 1. The predicted molar refractivity (Wildman–Crippen MR) is 117 cm³/mol. The van der Waals surface area contributed by atoms with Gasteiger partial charge in [0.2, 0.25) is 0 Å². The Balaban J connectivity index is 1.47. The lowest BCUT2D eigenvalue weighted by atomic mass is 10.1. The molecule has 4 rings (SSSR count). The molecule has 0 fully saturated rings. The molecule has 0 spiro atoms. The van der Waals surface area contributed by atoms with Crippen molar-refractivity contribution in [2.75, 3.05) is 13.7 Å². The summed E-state index contributed by atoms with van der Waals surface area (Å²) in [4.78, 5) is 27.6. The van der Waals surface area contributed by atoms with Crippen molar-refractivity contribution in [2.24, 2.45) is 0 Å². The zero-order valence-corrected chi connectivity index (χ0v) is 17.8. The zero-order chi connectivity index (χ0) is 21.8. The summed E-state index contributed by atoms with van der Waals surface area (Å²) in [5, 5.41) is 7.26. The van der Waals surface area contributed by atoms with Gasteiger partial charge in [-0.3, -0.25) is 14.3 Å². The van der Waals surface area contributed by atoms with Crippen molar-refractivity contribution < 1.29 is 14.3 Å². The van der Waals surface area contributed by atoms with Crippen LogP contribution in [0.25, 0.3) is 0 Å². The van der Waals surface area contributed by atoms with Gasteiger partial charge in [-0.25, -0.2) is 0 Å². The molecule has 1 aromatic heterocycles. The Bertz CT molecular complexity index is 1090. The van der Waals surface area contributed by atoms with Gasteiger partial charge in [0.05, 0.1) is 7.11 Å². The number of hydrogen-bond donors (Lipinski definition) is 1. The second-order valence-electron chi connectivity index (χ2n) is 7.70. The number of carbonyl (C=O) groups is 2. The summed E-state index contributed by atoms with van der Waals surface area (Å²) in [6.07, 6.45) is 0.786. The maximum atomic E-state index is 13.1. The maximum Gasteiger partial charge on any atom is 0.272 e. The molecule has 0 unspecified atom stereocenters. The van der Waals surface area contributed by atoms with Gasteiger partial charge in [-0.05, 0) is 25.0 Å². The van der Waals surface area contributed by atoms with Gasteiger partial charge < -0.3 is 15.0 Å². The predicted octanol–water partition coefficient (Wildman–Crippen LogP) is 3.18. The van der Waals surface area contributed by atoms with Crippen LogP contribution in [0.3, 0.4) is 0 Å². The molecule has 0 aliphatic carbocycles. The normalized spacial score (nSPS) is 13.5. The van der Waals surface area contributed by atoms with E-state index in [4.69, 9.17) is 4.74 Å². The first-order chi connectivity index (χ1) is 15.0. The highest BCUT2D eigenvalue weighted by Gasteiger charge is 2.26. The molecule has 1 N–H and O–H groups in total. The van der Waals surface area contributed by atoms with E-state index in [0.717, 1.165) is 17.5 Å². The third-order valence-corrected chi connectivity index (χ3v) is 5.44. The van der Waals surface area contributed by atoms with E-state index in [2.05, 4.69) is 10.4 Å². The number of rotatable bonds is 6. The van der Waals surface area contributed by atoms with Crippen LogP contribution in [0.15, 0.2) is 54.6 Å². The molecular weight excluding hydrogens is 392 g/mol. The van der Waals surface area contributed by atoms with Crippen molar-refractivity contribution in [1.29, 1.82) is 0 Å². The van der Waals surface area contributed by atoms with E-state index in [-0.39, 0.29) is 17.5 Å². The number of carbonyl (C=O) groups excluding carboxylic acids is 2. The minimum atomic E-state index is -0.315. The third-order valence-electron chi connectivity index (χ3n) is 5.44. The molecule has 0 saturated heterocycles. The fraction of sp³-hybridized carbons (Fsp3) is 0.292. The smallest absolute Gasteiger partial charge is 0.272 e. The molecule has 31 heavy (non-hydrogen) atoms. The molecule has 2 aromatic carbocycles. The van der Waals surface area contributed by atoms with Gasteiger partial charge in [-0.1, -0.05) is 48.0 Å². The SMILES string of the molecule is COc1ccccc1CNC(=O)c1cc2n(n1)CCCN(Cc1ccc(C)cc1)C2=O. The van der Waals surface area contributed by atoms with Crippen LogP contribution in [0.5, 0.6) is 5.75 Å². The van der Waals surface area contributed by atoms with Crippen LogP contribution in [-0.2, 0) is 19.6 Å². The molecular formula is C24H26N4O3. The van der Waals surface area contributed by atoms with E-state index in [1.54, 1.807) is 17.9 Å². The molecule has 0 saturated carbocycles. The van der Waals surface area contributed by atoms with Gasteiger partial charge in [-0.2, -0.15) is 5.10 Å². The minimum Gasteiger partial charge on any atom is -0.496 e. The van der Waals surface area contributed by atoms with Gasteiger partial charge in [0.25, 0.3) is 11.8 Å². The van der Waals surface area contributed by atoms with Gasteiger partial charge in [0, 0.05) is 37.8 Å². The Hall–Kier alpha value is -3.61. The van der Waals surface area contributed by atoms with Crippen molar-refractivity contribution in [3.05, 3.63) is 82.7 Å². The largest absolute Gasteiger partial charge is 0.496 e. The van der Waals surface area contributed by atoms with Crippen LogP contribution in [0.4, 0.5) is 0 Å². The summed E-state index contributed by atoms with van der Waals surface area (Å²) in [7, 11) is 1.60. The first kappa shape index (κ1) is 20.7. The molecule has 3 aromatic rings. The molecule has 0 bridgehead atoms. The molecule has 7 heteroatoms. The Morgan fingerprint density at radius 3 is 2.68 bits per heavy atom. The Labute approximate surface area is 181 Å². The van der Waals surface area contributed by atoms with Gasteiger partial charge in [-0.15, -0.1) is 0 Å². The average molecular weight is 418 g/mol. The molecule has 2 heterocycles. The van der Waals surface area contributed by atoms with Crippen LogP contribution < -0.4 is 10.1 Å². The van der Waals surface area contributed by atoms with E-state index >= 15 is 0 Å². The maximum absolute atomic E-state index is 13.1. The van der Waals surface area contributed by atoms with E-state index < -0.39 is 0 Å². The number of amides is 2. The lowest BCUT2D eigenvalue weighted by Crippen LogP contribution is -2.30. The Kier molecular flexibility index (Phi) is 6.02. The summed E-state index contributed by atoms with van der Waals surface area (Å²) in [6.45, 7) is 4.16. The number of fused-ring (bicyclic) bond motifs is 1. The molecule has 0 radical (unpaired) electrons. The number of para-hydroxylation sites is 1. The number of aromatic nitrogens is 2. The second kappa shape index (κ2) is 9.04. The number of aryl methyl sites for hydroxylation is 2. The summed E-state index contributed by atoms with van der Waals surface area (Å²) < 4.78 is 6.97. The summed E-state index contributed by atoms with van der Waals surface area (Å²) in [5.74, 6) is 0.295. The van der Waals surface area contributed by atoms with E-state index in [1.165, 1.54) is 5.56 Å². The fourth-order valence-corrected chi connectivity index (χ4v) is 3.73. The van der Waals surface area contributed by atoms with Gasteiger partial charge in [0.1, 0.15) is 11.4 Å². The molecule has 1 aliphatic heterocycles. The zero-order valence-electron chi connectivity index (χ0n) is 17.8. The van der Waals surface area contributed by atoms with Crippen molar-refractivity contribution >= 4 is 11.8 Å². The summed E-state index contributed by atoms with van der Waals surface area (Å²) in [6, 6.07) is 17.3. The fourth-order valence-electron chi connectivity index (χ4n) is 3.73. The number of methoxy groups -OCH3 is 1. The van der Waals surface area contributed by atoms with E-state index in [0.29, 0.717) is 37.6 Å². The topological polar surface area (TPSA) is 76.5 Å². The first-order valence-corrected chi connectivity index (χ1v) is 10.4. The molecule has 160 valence electrons. The lowest BCUT2D eigenvalue weighted by Gasteiger charge is -2.20. The van der Waals surface area contributed by atoms with Crippen LogP contribution in [-0.4, -0.2) is 40.1 Å². The highest BCUT2D eigenvalue weighted by molar-refractivity contribution is 5.98. The van der Waals surface area contributed by atoms with Crippen molar-refractivity contribution in [3.63, 3.8) is 0 Å². The van der Waals surface area contributed by atoms with Crippen molar-refractivity contribution in [1.82, 2.24) is 20.0 Å². The molecule has 2 amide bonds. The summed E-state index contributed by atoms with van der Waals surface area (Å²) >= 11 is 0. The molecule has 0 atom stereocenters. The van der Waals surface area contributed by atoms with Gasteiger partial charge >= 0.3 is 0 Å². The minimum absolute atomic E-state index is 0.102. The summed E-state index contributed by atoms with van der Waals surface area (Å²) in [5.41, 5.74) is 3.84. The van der Waals surface area contributed by atoms with Crippen LogP contribution >= 0.6 is 0 Å². The average Bonchev–Trinajstić information content (AvgIpc) is 3.16. The molecule has 7 nitrogen and oxygen atoms in total. The second-order valence-corrected chi connectivity index (χ2v) is 7.70. The Morgan fingerprint density at radius 1 is 1.13 bits per heavy atom. The quantitative estimate of drug-likeness (QED) is 0.667. The van der Waals surface area contributed by atoms with Crippen molar-refractivity contribution in [3.8, 4) is 5.75 Å². The number of benzene rings is 2. The standard InChI is InChI=1S/C24H26N4O3/c1-17-8-10-18(11-9-17)16-27-12-5-13-28-21(24(27)30)14-20(26-28)23(29)25-15-19-6-3-4-7-22(19)31-2/h3-4,6-11,14H,5,12-13,15-16H2,1-2H3,(H,25,29). The van der Waals surface area contributed by atoms with Crippen LogP contribution in [0, 0.1) is 6.92 Å². The van der Waals surface area contributed by atoms with E-state index in [1.807, 2.05) is 60.4 Å². The number of ether oxygens (including phenoxy) is 1. The number of hydrogen-bond acceptors (Lipinski definition) is 4. The van der Waals surface area contributed by atoms with Crippen LogP contribution in [0.2, 0.25) is 0 Å². The highest BCUT2D eigenvalue weighted by atomic mass is 16.5. The lowest BCUT2D eigenvalue weighted by molar-refractivity contribution is 0.0745. The molecule has 1 aliphatic rings. The monoisotopic (exact) mass is 418 g/mol. The highest BCUT2D eigenvalue weighted by Crippen LogP contribution is 2.19. The first-order valence-electron chi connectivity index (χ1n) is 10.4. The van der Waals surface area contributed by atoms with E-state index in [9.17, 15) is 9.59 Å². The van der Waals surface area contributed by atoms with Crippen LogP contribution in [0.1, 0.15) is 44.1 Å². The Morgan fingerprint density at radius 2 is 1.90 bits per heavy atom.